The second-order valence-corrected chi connectivity index (χ2v) is 5.82. The van der Waals surface area contributed by atoms with Crippen LogP contribution in [0.5, 0.6) is 11.5 Å². The Kier molecular flexibility index (Phi) is 3.41. The van der Waals surface area contributed by atoms with Crippen molar-refractivity contribution in [2.45, 2.75) is 13.1 Å². The highest BCUT2D eigenvalue weighted by Crippen LogP contribution is 2.41. The maximum Gasteiger partial charge on any atom is 0.150 e. The van der Waals surface area contributed by atoms with E-state index < -0.39 is 0 Å². The first-order valence-corrected chi connectivity index (χ1v) is 7.85. The first-order chi connectivity index (χ1) is 11.7. The topological polar surface area (TPSA) is 48.3 Å². The van der Waals surface area contributed by atoms with Gasteiger partial charge in [0.2, 0.25) is 0 Å². The Hall–Kier alpha value is -2.95. The van der Waals surface area contributed by atoms with E-state index in [-0.39, 0.29) is 6.17 Å². The number of methoxy groups -OCH3 is 2. The third kappa shape index (κ3) is 2.21. The molecule has 1 atom stereocenters. The summed E-state index contributed by atoms with van der Waals surface area (Å²) in [7, 11) is 3.32. The fourth-order valence-corrected chi connectivity index (χ4v) is 3.21. The average Bonchev–Trinajstić information content (AvgIpc) is 3.02. The minimum absolute atomic E-state index is 0.135. The van der Waals surface area contributed by atoms with Gasteiger partial charge in [0.25, 0.3) is 0 Å². The zero-order chi connectivity index (χ0) is 16.7. The number of nitrogens with one attached hydrogen (secondary N) is 1. The molecule has 0 radical (unpaired) electrons. The summed E-state index contributed by atoms with van der Waals surface area (Å²) in [5.74, 6) is 1.54. The van der Waals surface area contributed by atoms with Gasteiger partial charge in [0.05, 0.1) is 25.6 Å². The van der Waals surface area contributed by atoms with E-state index in [1.807, 2.05) is 41.9 Å². The van der Waals surface area contributed by atoms with Gasteiger partial charge in [0, 0.05) is 22.9 Å². The lowest BCUT2D eigenvalue weighted by atomic mass is 10.0. The Morgan fingerprint density at radius 3 is 2.67 bits per heavy atom. The molecule has 3 aromatic rings. The highest BCUT2D eigenvalue weighted by atomic mass is 16.5. The molecule has 1 aliphatic rings. The lowest BCUT2D eigenvalue weighted by Gasteiger charge is -2.30. The van der Waals surface area contributed by atoms with Crippen LogP contribution in [0.2, 0.25) is 0 Å². The predicted octanol–water partition coefficient (Wildman–Crippen LogP) is 3.85. The van der Waals surface area contributed by atoms with Gasteiger partial charge in [-0.05, 0) is 31.2 Å². The van der Waals surface area contributed by atoms with Crippen LogP contribution in [0.4, 0.5) is 5.69 Å². The van der Waals surface area contributed by atoms with Crippen molar-refractivity contribution in [3.8, 4) is 22.8 Å². The molecule has 0 saturated carbocycles. The van der Waals surface area contributed by atoms with Crippen LogP contribution in [0.25, 0.3) is 11.3 Å². The molecule has 2 heterocycles. The number of benzene rings is 2. The quantitative estimate of drug-likeness (QED) is 0.796. The number of anilines is 1. The number of hydrogen-bond donors (Lipinski definition) is 1. The van der Waals surface area contributed by atoms with Gasteiger partial charge in [-0.2, -0.15) is 5.10 Å². The summed E-state index contributed by atoms with van der Waals surface area (Å²) < 4.78 is 12.9. The first kappa shape index (κ1) is 14.6. The highest BCUT2D eigenvalue weighted by Gasteiger charge is 2.28. The van der Waals surface area contributed by atoms with Gasteiger partial charge < -0.3 is 14.8 Å². The maximum absolute atomic E-state index is 5.59. The maximum atomic E-state index is 5.59. The molecule has 0 saturated heterocycles. The van der Waals surface area contributed by atoms with Crippen molar-refractivity contribution < 1.29 is 9.47 Å². The molecule has 2 aromatic carbocycles. The summed E-state index contributed by atoms with van der Waals surface area (Å²) in [6.07, 6.45) is -0.135. The van der Waals surface area contributed by atoms with Crippen LogP contribution in [0.1, 0.15) is 17.4 Å². The van der Waals surface area contributed by atoms with Crippen molar-refractivity contribution in [2.24, 2.45) is 0 Å². The van der Waals surface area contributed by atoms with Gasteiger partial charge in [-0.15, -0.1) is 0 Å². The minimum atomic E-state index is -0.135. The zero-order valence-corrected chi connectivity index (χ0v) is 13.9. The van der Waals surface area contributed by atoms with Gasteiger partial charge in [-0.1, -0.05) is 18.2 Å². The Morgan fingerprint density at radius 1 is 1.04 bits per heavy atom. The van der Waals surface area contributed by atoms with Crippen molar-refractivity contribution in [1.29, 1.82) is 0 Å². The number of para-hydroxylation sites is 1. The molecule has 5 nitrogen and oxygen atoms in total. The Bertz CT molecular complexity index is 901. The summed E-state index contributed by atoms with van der Waals surface area (Å²) in [6.45, 7) is 2.01. The number of rotatable bonds is 3. The Morgan fingerprint density at radius 2 is 1.88 bits per heavy atom. The molecule has 24 heavy (non-hydrogen) atoms. The molecule has 0 fully saturated rings. The molecule has 0 aliphatic carbocycles. The number of hydrogen-bond acceptors (Lipinski definition) is 4. The van der Waals surface area contributed by atoms with E-state index in [1.165, 1.54) is 0 Å². The van der Waals surface area contributed by atoms with E-state index in [2.05, 4.69) is 23.5 Å². The second kappa shape index (κ2) is 5.60. The number of fused-ring (bicyclic) bond motifs is 3. The summed E-state index contributed by atoms with van der Waals surface area (Å²) in [4.78, 5) is 0. The van der Waals surface area contributed by atoms with Crippen LogP contribution in [-0.2, 0) is 0 Å². The van der Waals surface area contributed by atoms with E-state index in [0.29, 0.717) is 0 Å². The zero-order valence-electron chi connectivity index (χ0n) is 13.9. The van der Waals surface area contributed by atoms with Crippen LogP contribution in [0, 0.1) is 6.92 Å². The van der Waals surface area contributed by atoms with Gasteiger partial charge in [0.1, 0.15) is 11.5 Å². The van der Waals surface area contributed by atoms with E-state index in [9.17, 15) is 0 Å². The molecule has 1 aromatic heterocycles. The molecule has 5 heteroatoms. The van der Waals surface area contributed by atoms with Crippen molar-refractivity contribution >= 4 is 5.69 Å². The lowest BCUT2D eigenvalue weighted by molar-refractivity contribution is 0.386. The van der Waals surface area contributed by atoms with Crippen LogP contribution in [-0.4, -0.2) is 24.0 Å². The standard InChI is InChI=1S/C19H19N3O2/c1-12-10-17-14-6-4-5-7-16(14)20-19(22(17)21-12)15-9-8-13(23-2)11-18(15)24-3/h4-11,19-20H,1-3H3. The fraction of sp³-hybridized carbons (Fsp3) is 0.211. The number of ether oxygens (including phenoxy) is 2. The van der Waals surface area contributed by atoms with E-state index in [4.69, 9.17) is 14.6 Å². The molecule has 0 bridgehead atoms. The molecule has 122 valence electrons. The molecule has 0 spiro atoms. The Balaban J connectivity index is 1.89. The smallest absolute Gasteiger partial charge is 0.150 e. The normalized spacial score (nSPS) is 15.2. The van der Waals surface area contributed by atoms with Crippen molar-refractivity contribution in [2.75, 3.05) is 19.5 Å². The summed E-state index contributed by atoms with van der Waals surface area (Å²) in [5, 5.41) is 8.27. The molecular weight excluding hydrogens is 302 g/mol. The Labute approximate surface area is 140 Å². The lowest BCUT2D eigenvalue weighted by Crippen LogP contribution is -2.26. The van der Waals surface area contributed by atoms with Gasteiger partial charge >= 0.3 is 0 Å². The van der Waals surface area contributed by atoms with E-state index in [0.717, 1.165) is 39.7 Å². The highest BCUT2D eigenvalue weighted by molar-refractivity contribution is 5.79. The van der Waals surface area contributed by atoms with Gasteiger partial charge in [-0.3, -0.25) is 0 Å². The second-order valence-electron chi connectivity index (χ2n) is 5.82. The third-order valence-electron chi connectivity index (χ3n) is 4.33. The molecule has 1 aliphatic heterocycles. The van der Waals surface area contributed by atoms with Crippen molar-refractivity contribution in [3.05, 3.63) is 59.8 Å². The van der Waals surface area contributed by atoms with Crippen molar-refractivity contribution in [3.63, 3.8) is 0 Å². The van der Waals surface area contributed by atoms with Gasteiger partial charge in [-0.25, -0.2) is 4.68 Å². The third-order valence-corrected chi connectivity index (χ3v) is 4.33. The van der Waals surface area contributed by atoms with E-state index >= 15 is 0 Å². The first-order valence-electron chi connectivity index (χ1n) is 7.85. The monoisotopic (exact) mass is 321 g/mol. The molecule has 1 N–H and O–H groups in total. The molecule has 1 unspecified atom stereocenters. The molecule has 0 amide bonds. The van der Waals surface area contributed by atoms with Crippen LogP contribution < -0.4 is 14.8 Å². The predicted molar refractivity (Wildman–Crippen MR) is 93.7 cm³/mol. The van der Waals surface area contributed by atoms with Gasteiger partial charge in [0.15, 0.2) is 6.17 Å². The summed E-state index contributed by atoms with van der Waals surface area (Å²) >= 11 is 0. The van der Waals surface area contributed by atoms with E-state index in [1.54, 1.807) is 14.2 Å². The summed E-state index contributed by atoms with van der Waals surface area (Å²) in [5.41, 5.74) is 5.34. The largest absolute Gasteiger partial charge is 0.497 e. The van der Waals surface area contributed by atoms with Crippen LogP contribution in [0.3, 0.4) is 0 Å². The van der Waals surface area contributed by atoms with Crippen molar-refractivity contribution in [1.82, 2.24) is 9.78 Å². The fourth-order valence-electron chi connectivity index (χ4n) is 3.21. The molecular formula is C19H19N3O2. The van der Waals surface area contributed by atoms with Crippen LogP contribution >= 0.6 is 0 Å². The van der Waals surface area contributed by atoms with Crippen LogP contribution in [0.15, 0.2) is 48.5 Å². The minimum Gasteiger partial charge on any atom is -0.497 e. The number of aromatic nitrogens is 2. The average molecular weight is 321 g/mol. The number of nitrogens with zero attached hydrogens (tertiary/aromatic N) is 2. The molecule has 4 rings (SSSR count). The number of aryl methyl sites for hydroxylation is 1. The summed E-state index contributed by atoms with van der Waals surface area (Å²) in [6, 6.07) is 16.2. The SMILES string of the molecule is COc1ccc(C2Nc3ccccc3-c3cc(C)nn32)c(OC)c1.